The van der Waals surface area contributed by atoms with Crippen LogP contribution in [0, 0.1) is 5.41 Å². The normalized spacial score (nSPS) is 17.8. The van der Waals surface area contributed by atoms with Crippen molar-refractivity contribution in [2.75, 3.05) is 31.6 Å². The average Bonchev–Trinajstić information content (AvgIpc) is 3.87. The lowest BCUT2D eigenvalue weighted by Gasteiger charge is -2.37. The van der Waals surface area contributed by atoms with Crippen LogP contribution in [0.5, 0.6) is 0 Å². The largest absolute Gasteiger partial charge is 0.354 e. The molecule has 2 amide bonds. The summed E-state index contributed by atoms with van der Waals surface area (Å²) in [7, 11) is 1.60. The van der Waals surface area contributed by atoms with Gasteiger partial charge in [0.2, 0.25) is 5.91 Å². The van der Waals surface area contributed by atoms with Gasteiger partial charge in [-0.15, -0.1) is 0 Å². The summed E-state index contributed by atoms with van der Waals surface area (Å²) >= 11 is 0. The molecule has 8 heteroatoms. The molecule has 8 rings (SSSR count). The Bertz CT molecular complexity index is 2030. The van der Waals surface area contributed by atoms with Crippen molar-refractivity contribution in [1.82, 2.24) is 25.4 Å². The van der Waals surface area contributed by atoms with E-state index in [9.17, 15) is 9.59 Å². The van der Waals surface area contributed by atoms with Gasteiger partial charge in [-0.3, -0.25) is 14.6 Å². The summed E-state index contributed by atoms with van der Waals surface area (Å²) in [5.41, 5.74) is 5.47. The number of aromatic nitrogens is 3. The first-order valence-electron chi connectivity index (χ1n) is 16.5. The molecule has 1 atom stereocenters. The lowest BCUT2D eigenvalue weighted by molar-refractivity contribution is -0.124. The van der Waals surface area contributed by atoms with Gasteiger partial charge in [0.15, 0.2) is 0 Å². The molecule has 2 fully saturated rings. The molecule has 238 valence electrons. The summed E-state index contributed by atoms with van der Waals surface area (Å²) in [6.07, 6.45) is 3.34. The van der Waals surface area contributed by atoms with Crippen molar-refractivity contribution in [3.8, 4) is 11.3 Å². The van der Waals surface area contributed by atoms with Crippen molar-refractivity contribution in [3.63, 3.8) is 0 Å². The smallest absolute Gasteiger partial charge is 0.269 e. The number of pyridine rings is 1. The van der Waals surface area contributed by atoms with E-state index in [1.54, 1.807) is 19.3 Å². The van der Waals surface area contributed by atoms with Crippen molar-refractivity contribution >= 4 is 28.4 Å². The number of amides is 2. The standard InChI is InChI=1S/C40H36N6O2/c1-41-37(47)34-25-28(19-22-43-34)36-33-26-32(45-24-21-39(38(45)48)20-23-42-27-39)17-18-35(33)46(44-36)40(29-11-5-2-6-12-29,30-13-7-3-8-14-30)31-15-9-4-10-16-31/h2-19,22,25-26,42H,20-21,23-24,27H2,1H3,(H,41,47). The van der Waals surface area contributed by atoms with Gasteiger partial charge in [0, 0.05) is 43.0 Å². The van der Waals surface area contributed by atoms with E-state index in [1.807, 2.05) is 29.2 Å². The number of hydrogen-bond donors (Lipinski definition) is 2. The second-order valence-corrected chi connectivity index (χ2v) is 12.7. The highest BCUT2D eigenvalue weighted by atomic mass is 16.2. The summed E-state index contributed by atoms with van der Waals surface area (Å²) in [6.45, 7) is 2.26. The minimum Gasteiger partial charge on any atom is -0.354 e. The zero-order valence-electron chi connectivity index (χ0n) is 26.8. The van der Waals surface area contributed by atoms with Crippen LogP contribution >= 0.6 is 0 Å². The molecule has 2 aromatic heterocycles. The lowest BCUT2D eigenvalue weighted by Crippen LogP contribution is -2.38. The summed E-state index contributed by atoms with van der Waals surface area (Å²) in [4.78, 5) is 32.9. The van der Waals surface area contributed by atoms with Gasteiger partial charge in [-0.25, -0.2) is 4.68 Å². The third-order valence-electron chi connectivity index (χ3n) is 10.1. The second-order valence-electron chi connectivity index (χ2n) is 12.7. The minimum absolute atomic E-state index is 0.179. The molecule has 2 aliphatic heterocycles. The third-order valence-corrected chi connectivity index (χ3v) is 10.1. The number of nitrogens with zero attached hydrogens (tertiary/aromatic N) is 4. The first-order valence-corrected chi connectivity index (χ1v) is 16.5. The van der Waals surface area contributed by atoms with Crippen molar-refractivity contribution in [1.29, 1.82) is 0 Å². The van der Waals surface area contributed by atoms with Crippen LogP contribution in [0.1, 0.15) is 40.0 Å². The highest BCUT2D eigenvalue weighted by Gasteiger charge is 2.49. The summed E-state index contributed by atoms with van der Waals surface area (Å²) in [5.74, 6) is -0.0922. The van der Waals surface area contributed by atoms with E-state index in [-0.39, 0.29) is 17.2 Å². The fourth-order valence-electron chi connectivity index (χ4n) is 7.68. The van der Waals surface area contributed by atoms with Crippen LogP contribution in [0.2, 0.25) is 0 Å². The molecule has 1 unspecified atom stereocenters. The predicted octanol–water partition coefficient (Wildman–Crippen LogP) is 6.01. The lowest BCUT2D eigenvalue weighted by atomic mass is 9.77. The highest BCUT2D eigenvalue weighted by Crippen LogP contribution is 2.46. The van der Waals surface area contributed by atoms with Gasteiger partial charge in [0.25, 0.3) is 5.91 Å². The molecule has 4 heterocycles. The number of nitrogens with one attached hydrogen (secondary N) is 2. The van der Waals surface area contributed by atoms with Gasteiger partial charge < -0.3 is 15.5 Å². The number of fused-ring (bicyclic) bond motifs is 1. The number of rotatable bonds is 7. The van der Waals surface area contributed by atoms with E-state index in [0.29, 0.717) is 17.9 Å². The van der Waals surface area contributed by atoms with Crippen LogP contribution in [-0.4, -0.2) is 53.3 Å². The number of hydrogen-bond acceptors (Lipinski definition) is 5. The van der Waals surface area contributed by atoms with E-state index < -0.39 is 5.54 Å². The van der Waals surface area contributed by atoms with Crippen molar-refractivity contribution in [2.24, 2.45) is 5.41 Å². The summed E-state index contributed by atoms with van der Waals surface area (Å²) < 4.78 is 2.12. The zero-order valence-corrected chi connectivity index (χ0v) is 26.8. The molecule has 0 radical (unpaired) electrons. The Morgan fingerprint density at radius 3 is 2.06 bits per heavy atom. The number of carbonyl (C=O) groups is 2. The Kier molecular flexibility index (Phi) is 7.37. The Labute approximate surface area is 279 Å². The van der Waals surface area contributed by atoms with Gasteiger partial charge in [-0.1, -0.05) is 91.0 Å². The van der Waals surface area contributed by atoms with Crippen LogP contribution in [0.4, 0.5) is 5.69 Å². The maximum atomic E-state index is 13.9. The van der Waals surface area contributed by atoms with Crippen molar-refractivity contribution < 1.29 is 9.59 Å². The maximum absolute atomic E-state index is 13.9. The summed E-state index contributed by atoms with van der Waals surface area (Å²) in [5, 5.41) is 12.5. The maximum Gasteiger partial charge on any atom is 0.269 e. The van der Waals surface area contributed by atoms with E-state index in [0.717, 1.165) is 64.8 Å². The molecule has 4 aromatic carbocycles. The molecular formula is C40H36N6O2. The molecule has 0 aliphatic carbocycles. The minimum atomic E-state index is -0.860. The molecule has 1 spiro atoms. The average molecular weight is 633 g/mol. The molecule has 48 heavy (non-hydrogen) atoms. The number of benzene rings is 4. The first kappa shape index (κ1) is 29.8. The number of carbonyl (C=O) groups excluding carboxylic acids is 2. The molecule has 8 nitrogen and oxygen atoms in total. The molecule has 2 N–H and O–H groups in total. The van der Waals surface area contributed by atoms with Gasteiger partial charge in [0.05, 0.1) is 10.9 Å². The monoisotopic (exact) mass is 632 g/mol. The van der Waals surface area contributed by atoms with Crippen molar-refractivity contribution in [2.45, 2.75) is 18.4 Å². The molecule has 2 aliphatic rings. The van der Waals surface area contributed by atoms with Crippen LogP contribution in [-0.2, 0) is 10.3 Å². The van der Waals surface area contributed by atoms with Crippen LogP contribution in [0.3, 0.4) is 0 Å². The highest BCUT2D eigenvalue weighted by molar-refractivity contribution is 6.04. The SMILES string of the molecule is CNC(=O)c1cc(-c2nn(C(c3ccccc3)(c3ccccc3)c3ccccc3)c3ccc(N4CCC5(CCNC5)C4=O)cc23)ccn1. The molecule has 0 bridgehead atoms. The Morgan fingerprint density at radius 2 is 1.48 bits per heavy atom. The molecular weight excluding hydrogens is 596 g/mol. The number of anilines is 1. The Morgan fingerprint density at radius 1 is 0.833 bits per heavy atom. The molecule has 2 saturated heterocycles. The van der Waals surface area contributed by atoms with Crippen LogP contribution in [0.15, 0.2) is 128 Å². The van der Waals surface area contributed by atoms with Crippen LogP contribution < -0.4 is 15.5 Å². The fraction of sp³-hybridized carbons (Fsp3) is 0.200. The van der Waals surface area contributed by atoms with E-state index >= 15 is 0 Å². The zero-order chi connectivity index (χ0) is 32.7. The quantitative estimate of drug-likeness (QED) is 0.210. The Hall–Kier alpha value is -5.60. The molecule has 6 aromatic rings. The topological polar surface area (TPSA) is 92.2 Å². The van der Waals surface area contributed by atoms with E-state index in [4.69, 9.17) is 5.10 Å². The van der Waals surface area contributed by atoms with Gasteiger partial charge >= 0.3 is 0 Å². The summed E-state index contributed by atoms with van der Waals surface area (Å²) in [6, 6.07) is 41.3. The second kappa shape index (κ2) is 11.9. The Balaban J connectivity index is 1.43. The van der Waals surface area contributed by atoms with Gasteiger partial charge in [-0.05, 0) is 66.4 Å². The first-order chi connectivity index (χ1) is 23.5. The molecule has 0 saturated carbocycles. The van der Waals surface area contributed by atoms with Crippen molar-refractivity contribution in [3.05, 3.63) is 150 Å². The van der Waals surface area contributed by atoms with E-state index in [2.05, 4.69) is 111 Å². The fourth-order valence-corrected chi connectivity index (χ4v) is 7.68. The predicted molar refractivity (Wildman–Crippen MR) is 188 cm³/mol. The third kappa shape index (κ3) is 4.63. The van der Waals surface area contributed by atoms with E-state index in [1.165, 1.54) is 0 Å². The van der Waals surface area contributed by atoms with Gasteiger partial charge in [0.1, 0.15) is 16.9 Å². The van der Waals surface area contributed by atoms with Gasteiger partial charge in [-0.2, -0.15) is 5.10 Å². The van der Waals surface area contributed by atoms with Crippen LogP contribution in [0.25, 0.3) is 22.2 Å².